The smallest absolute Gasteiger partial charge is 0.228 e. The Morgan fingerprint density at radius 2 is 1.52 bits per heavy atom. The number of piperazine rings is 1. The second kappa shape index (κ2) is 8.79. The van der Waals surface area contributed by atoms with E-state index >= 15 is 0 Å². The third-order valence-corrected chi connectivity index (χ3v) is 4.79. The summed E-state index contributed by atoms with van der Waals surface area (Å²) in [5, 5.41) is 0. The fraction of sp³-hybridized carbons (Fsp3) is 0.381. The predicted octanol–water partition coefficient (Wildman–Crippen LogP) is 2.86. The van der Waals surface area contributed by atoms with Gasteiger partial charge in [-0.3, -0.25) is 4.79 Å². The SMILES string of the molecule is CN1CCN(CCC(=O)N(Cc2ccccc2)c2ccccc2)CC1. The monoisotopic (exact) mass is 337 g/mol. The van der Waals surface area contributed by atoms with Crippen LogP contribution in [-0.4, -0.2) is 55.5 Å². The van der Waals surface area contributed by atoms with E-state index in [-0.39, 0.29) is 5.91 Å². The average Bonchev–Trinajstić information content (AvgIpc) is 2.67. The molecule has 0 N–H and O–H groups in total. The molecule has 132 valence electrons. The minimum Gasteiger partial charge on any atom is -0.308 e. The Bertz CT molecular complexity index is 651. The molecule has 1 amide bonds. The molecule has 0 aliphatic carbocycles. The van der Waals surface area contributed by atoms with Crippen LogP contribution in [0.25, 0.3) is 0 Å². The van der Waals surface area contributed by atoms with E-state index in [9.17, 15) is 4.79 Å². The van der Waals surface area contributed by atoms with Gasteiger partial charge in [-0.1, -0.05) is 48.5 Å². The lowest BCUT2D eigenvalue weighted by atomic mass is 10.1. The Morgan fingerprint density at radius 1 is 0.920 bits per heavy atom. The van der Waals surface area contributed by atoms with Crippen LogP contribution in [0.4, 0.5) is 5.69 Å². The van der Waals surface area contributed by atoms with Crippen LogP contribution in [0.1, 0.15) is 12.0 Å². The number of hydrogen-bond acceptors (Lipinski definition) is 3. The van der Waals surface area contributed by atoms with Crippen molar-refractivity contribution >= 4 is 11.6 Å². The van der Waals surface area contributed by atoms with Crippen LogP contribution < -0.4 is 4.90 Å². The fourth-order valence-corrected chi connectivity index (χ4v) is 3.16. The van der Waals surface area contributed by atoms with Gasteiger partial charge >= 0.3 is 0 Å². The Labute approximate surface area is 150 Å². The molecule has 0 aromatic heterocycles. The summed E-state index contributed by atoms with van der Waals surface area (Å²) in [6.45, 7) is 5.72. The summed E-state index contributed by atoms with van der Waals surface area (Å²) in [6.07, 6.45) is 0.561. The van der Waals surface area contributed by atoms with Gasteiger partial charge < -0.3 is 14.7 Å². The Morgan fingerprint density at radius 3 is 2.16 bits per heavy atom. The van der Waals surface area contributed by atoms with Gasteiger partial charge in [0.1, 0.15) is 0 Å². The second-order valence-electron chi connectivity index (χ2n) is 6.70. The minimum atomic E-state index is 0.189. The van der Waals surface area contributed by atoms with E-state index in [2.05, 4.69) is 29.0 Å². The van der Waals surface area contributed by atoms with Crippen molar-refractivity contribution in [3.05, 3.63) is 66.2 Å². The van der Waals surface area contributed by atoms with Crippen LogP contribution in [0.15, 0.2) is 60.7 Å². The van der Waals surface area contributed by atoms with Gasteiger partial charge in [0.2, 0.25) is 5.91 Å². The van der Waals surface area contributed by atoms with Gasteiger partial charge in [-0.2, -0.15) is 0 Å². The van der Waals surface area contributed by atoms with E-state index in [0.717, 1.165) is 44.0 Å². The number of nitrogens with zero attached hydrogens (tertiary/aromatic N) is 3. The highest BCUT2D eigenvalue weighted by Gasteiger charge is 2.19. The molecule has 2 aromatic carbocycles. The molecule has 0 saturated carbocycles. The summed E-state index contributed by atoms with van der Waals surface area (Å²) in [7, 11) is 2.15. The van der Waals surface area contributed by atoms with Crippen LogP contribution in [0.5, 0.6) is 0 Å². The Kier molecular flexibility index (Phi) is 6.20. The predicted molar refractivity (Wildman–Crippen MR) is 103 cm³/mol. The third kappa shape index (κ3) is 5.15. The highest BCUT2D eigenvalue weighted by molar-refractivity contribution is 5.93. The molecule has 1 fully saturated rings. The maximum absolute atomic E-state index is 12.9. The number of carbonyl (C=O) groups is 1. The second-order valence-corrected chi connectivity index (χ2v) is 6.70. The third-order valence-electron chi connectivity index (χ3n) is 4.79. The molecule has 0 spiro atoms. The van der Waals surface area contributed by atoms with E-state index in [1.165, 1.54) is 0 Å². The average molecular weight is 337 g/mol. The first-order valence-electron chi connectivity index (χ1n) is 9.02. The molecule has 4 heteroatoms. The molecule has 0 atom stereocenters. The summed E-state index contributed by atoms with van der Waals surface area (Å²) in [5.74, 6) is 0.189. The van der Waals surface area contributed by atoms with Gasteiger partial charge in [-0.25, -0.2) is 0 Å². The molecule has 0 bridgehead atoms. The van der Waals surface area contributed by atoms with Crippen molar-refractivity contribution < 1.29 is 4.79 Å². The highest BCUT2D eigenvalue weighted by atomic mass is 16.2. The number of para-hydroxylation sites is 1. The topological polar surface area (TPSA) is 26.8 Å². The molecule has 25 heavy (non-hydrogen) atoms. The largest absolute Gasteiger partial charge is 0.308 e. The van der Waals surface area contributed by atoms with Gasteiger partial charge in [0, 0.05) is 44.8 Å². The zero-order valence-electron chi connectivity index (χ0n) is 15.0. The summed E-state index contributed by atoms with van der Waals surface area (Å²) in [6, 6.07) is 20.2. The lowest BCUT2D eigenvalue weighted by Crippen LogP contribution is -2.45. The van der Waals surface area contributed by atoms with Crippen LogP contribution >= 0.6 is 0 Å². The number of amides is 1. The number of hydrogen-bond donors (Lipinski definition) is 0. The van der Waals surface area contributed by atoms with Crippen molar-refractivity contribution in [1.82, 2.24) is 9.80 Å². The summed E-state index contributed by atoms with van der Waals surface area (Å²) >= 11 is 0. The Hall–Kier alpha value is -2.17. The molecule has 4 nitrogen and oxygen atoms in total. The number of carbonyl (C=O) groups excluding carboxylic acids is 1. The molecule has 1 saturated heterocycles. The first kappa shape index (κ1) is 17.6. The van der Waals surface area contributed by atoms with Gasteiger partial charge in [-0.15, -0.1) is 0 Å². The number of anilines is 1. The maximum atomic E-state index is 12.9. The lowest BCUT2D eigenvalue weighted by Gasteiger charge is -2.32. The van der Waals surface area contributed by atoms with Crippen molar-refractivity contribution in [1.29, 1.82) is 0 Å². The van der Waals surface area contributed by atoms with E-state index < -0.39 is 0 Å². The lowest BCUT2D eigenvalue weighted by molar-refractivity contribution is -0.119. The van der Waals surface area contributed by atoms with E-state index in [1.54, 1.807) is 0 Å². The van der Waals surface area contributed by atoms with E-state index in [1.807, 2.05) is 53.4 Å². The molecule has 1 aliphatic rings. The normalized spacial score (nSPS) is 15.9. The summed E-state index contributed by atoms with van der Waals surface area (Å²) < 4.78 is 0. The Balaban J connectivity index is 1.65. The number of benzene rings is 2. The maximum Gasteiger partial charge on any atom is 0.228 e. The summed E-state index contributed by atoms with van der Waals surface area (Å²) in [4.78, 5) is 19.6. The first-order chi connectivity index (χ1) is 12.2. The van der Waals surface area contributed by atoms with E-state index in [4.69, 9.17) is 0 Å². The van der Waals surface area contributed by atoms with Gasteiger partial charge in [-0.05, 0) is 24.7 Å². The van der Waals surface area contributed by atoms with Crippen molar-refractivity contribution in [2.45, 2.75) is 13.0 Å². The van der Waals surface area contributed by atoms with Crippen molar-refractivity contribution in [2.24, 2.45) is 0 Å². The first-order valence-corrected chi connectivity index (χ1v) is 9.02. The molecule has 2 aromatic rings. The number of likely N-dealkylation sites (N-methyl/N-ethyl adjacent to an activating group) is 1. The van der Waals surface area contributed by atoms with Crippen LogP contribution in [0.2, 0.25) is 0 Å². The van der Waals surface area contributed by atoms with Gasteiger partial charge in [0.25, 0.3) is 0 Å². The number of rotatable bonds is 6. The van der Waals surface area contributed by atoms with Crippen LogP contribution in [0.3, 0.4) is 0 Å². The van der Waals surface area contributed by atoms with Crippen LogP contribution in [0, 0.1) is 0 Å². The summed E-state index contributed by atoms with van der Waals surface area (Å²) in [5.41, 5.74) is 2.12. The minimum absolute atomic E-state index is 0.189. The van der Waals surface area contributed by atoms with Crippen molar-refractivity contribution in [3.8, 4) is 0 Å². The standard InChI is InChI=1S/C21H27N3O/c1-22-14-16-23(17-15-22)13-12-21(25)24(20-10-6-3-7-11-20)18-19-8-4-2-5-9-19/h2-11H,12-18H2,1H3. The van der Waals surface area contributed by atoms with Gasteiger partial charge in [0.05, 0.1) is 6.54 Å². The van der Waals surface area contributed by atoms with Crippen molar-refractivity contribution in [3.63, 3.8) is 0 Å². The van der Waals surface area contributed by atoms with Crippen LogP contribution in [-0.2, 0) is 11.3 Å². The van der Waals surface area contributed by atoms with Crippen molar-refractivity contribution in [2.75, 3.05) is 44.7 Å². The molecular weight excluding hydrogens is 310 g/mol. The van der Waals surface area contributed by atoms with E-state index in [0.29, 0.717) is 13.0 Å². The molecular formula is C21H27N3O. The zero-order chi connectivity index (χ0) is 17.5. The van der Waals surface area contributed by atoms with Gasteiger partial charge in [0.15, 0.2) is 0 Å². The molecule has 3 rings (SSSR count). The molecule has 0 radical (unpaired) electrons. The molecule has 0 unspecified atom stereocenters. The zero-order valence-corrected chi connectivity index (χ0v) is 15.0. The quantitative estimate of drug-likeness (QED) is 0.811. The highest BCUT2D eigenvalue weighted by Crippen LogP contribution is 2.18. The fourth-order valence-electron chi connectivity index (χ4n) is 3.16. The molecule has 1 aliphatic heterocycles. The molecule has 1 heterocycles.